The Morgan fingerprint density at radius 1 is 1.25 bits per heavy atom. The molecule has 0 saturated carbocycles. The number of benzene rings is 1. The average Bonchev–Trinajstić information content (AvgIpc) is 2.63. The first-order valence-corrected chi connectivity index (χ1v) is 8.60. The van der Waals surface area contributed by atoms with Crippen LogP contribution in [-0.4, -0.2) is 30.2 Å². The van der Waals surface area contributed by atoms with Crippen molar-refractivity contribution in [2.45, 2.75) is 38.2 Å². The number of hydrogen-bond acceptors (Lipinski definition) is 4. The van der Waals surface area contributed by atoms with Gasteiger partial charge in [-0.1, -0.05) is 12.2 Å². The molecule has 0 radical (unpaired) electrons. The van der Waals surface area contributed by atoms with Crippen LogP contribution in [0.3, 0.4) is 0 Å². The van der Waals surface area contributed by atoms with Crippen LogP contribution in [0.25, 0.3) is 0 Å². The lowest BCUT2D eigenvalue weighted by Crippen LogP contribution is -2.36. The van der Waals surface area contributed by atoms with E-state index in [1.54, 1.807) is 6.07 Å². The summed E-state index contributed by atoms with van der Waals surface area (Å²) in [5.41, 5.74) is 2.11. The highest BCUT2D eigenvalue weighted by Gasteiger charge is 2.21. The minimum Gasteiger partial charge on any atom is -0.393 e. The van der Waals surface area contributed by atoms with E-state index in [1.807, 2.05) is 12.1 Å². The summed E-state index contributed by atoms with van der Waals surface area (Å²) in [7, 11) is 0. The predicted molar refractivity (Wildman–Crippen MR) is 93.7 cm³/mol. The standard InChI is InChI=1S/C19H23N3O2/c20-13-15-12-16(21-19(24)14-4-2-1-3-5-14)6-7-18(15)22-10-8-17(23)9-11-22/h1-2,6-7,12,14,17,23H,3-5,8-11H2,(H,21,24). The first kappa shape index (κ1) is 16.5. The van der Waals surface area contributed by atoms with Crippen LogP contribution >= 0.6 is 0 Å². The minimum absolute atomic E-state index is 0.0174. The van der Waals surface area contributed by atoms with E-state index < -0.39 is 0 Å². The first-order valence-electron chi connectivity index (χ1n) is 8.60. The van der Waals surface area contributed by atoms with Crippen LogP contribution < -0.4 is 10.2 Å². The second kappa shape index (κ2) is 7.50. The number of hydrogen-bond donors (Lipinski definition) is 2. The van der Waals surface area contributed by atoms with E-state index in [2.05, 4.69) is 28.4 Å². The van der Waals surface area contributed by atoms with E-state index in [4.69, 9.17) is 0 Å². The molecule has 24 heavy (non-hydrogen) atoms. The van der Waals surface area contributed by atoms with E-state index in [1.165, 1.54) is 0 Å². The third kappa shape index (κ3) is 3.77. The highest BCUT2D eigenvalue weighted by Crippen LogP contribution is 2.27. The molecule has 1 unspecified atom stereocenters. The molecular weight excluding hydrogens is 302 g/mol. The Morgan fingerprint density at radius 2 is 2.04 bits per heavy atom. The smallest absolute Gasteiger partial charge is 0.227 e. The minimum atomic E-state index is -0.241. The van der Waals surface area contributed by atoms with Gasteiger partial charge in [0, 0.05) is 24.7 Å². The van der Waals surface area contributed by atoms with Gasteiger partial charge in [-0.3, -0.25) is 4.79 Å². The Morgan fingerprint density at radius 3 is 2.71 bits per heavy atom. The summed E-state index contributed by atoms with van der Waals surface area (Å²) >= 11 is 0. The Hall–Kier alpha value is -2.32. The molecule has 0 spiro atoms. The van der Waals surface area contributed by atoms with Gasteiger partial charge in [-0.05, 0) is 50.3 Å². The molecule has 1 aromatic carbocycles. The summed E-state index contributed by atoms with van der Waals surface area (Å²) in [6.07, 6.45) is 7.98. The van der Waals surface area contributed by atoms with Crippen LogP contribution in [0.5, 0.6) is 0 Å². The molecule has 0 bridgehead atoms. The monoisotopic (exact) mass is 325 g/mol. The number of aliphatic hydroxyl groups excluding tert-OH is 1. The molecule has 2 N–H and O–H groups in total. The van der Waals surface area contributed by atoms with Crippen LogP contribution in [0.15, 0.2) is 30.4 Å². The number of aliphatic hydroxyl groups is 1. The van der Waals surface area contributed by atoms with Crippen LogP contribution in [-0.2, 0) is 4.79 Å². The van der Waals surface area contributed by atoms with Gasteiger partial charge in [0.1, 0.15) is 6.07 Å². The average molecular weight is 325 g/mol. The maximum atomic E-state index is 12.3. The molecule has 1 aliphatic heterocycles. The second-order valence-electron chi connectivity index (χ2n) is 6.53. The van der Waals surface area contributed by atoms with Crippen molar-refractivity contribution in [3.63, 3.8) is 0 Å². The summed E-state index contributed by atoms with van der Waals surface area (Å²) in [5, 5.41) is 22.0. The molecule has 5 nitrogen and oxygen atoms in total. The molecule has 1 heterocycles. The zero-order valence-corrected chi connectivity index (χ0v) is 13.7. The molecule has 1 aliphatic carbocycles. The highest BCUT2D eigenvalue weighted by atomic mass is 16.3. The van der Waals surface area contributed by atoms with Gasteiger partial charge in [0.25, 0.3) is 0 Å². The molecule has 126 valence electrons. The van der Waals surface area contributed by atoms with Crippen molar-refractivity contribution >= 4 is 17.3 Å². The second-order valence-corrected chi connectivity index (χ2v) is 6.53. The van der Waals surface area contributed by atoms with Gasteiger partial charge in [0.2, 0.25) is 5.91 Å². The van der Waals surface area contributed by atoms with Crippen molar-refractivity contribution in [3.8, 4) is 6.07 Å². The number of piperidine rings is 1. The van der Waals surface area contributed by atoms with Gasteiger partial charge in [-0.25, -0.2) is 0 Å². The fourth-order valence-corrected chi connectivity index (χ4v) is 3.36. The number of carbonyl (C=O) groups is 1. The zero-order chi connectivity index (χ0) is 16.9. The van der Waals surface area contributed by atoms with Gasteiger partial charge in [0.05, 0.1) is 17.4 Å². The Kier molecular flexibility index (Phi) is 5.17. The largest absolute Gasteiger partial charge is 0.393 e. The topological polar surface area (TPSA) is 76.4 Å². The third-order valence-electron chi connectivity index (χ3n) is 4.83. The Balaban J connectivity index is 1.71. The van der Waals surface area contributed by atoms with Crippen molar-refractivity contribution in [2.75, 3.05) is 23.3 Å². The fraction of sp³-hybridized carbons (Fsp3) is 0.474. The molecular formula is C19H23N3O2. The van der Waals surface area contributed by atoms with E-state index in [9.17, 15) is 15.2 Å². The van der Waals surface area contributed by atoms with Crippen molar-refractivity contribution in [1.29, 1.82) is 5.26 Å². The van der Waals surface area contributed by atoms with Gasteiger partial charge >= 0.3 is 0 Å². The molecule has 1 fully saturated rings. The van der Waals surface area contributed by atoms with Gasteiger partial charge in [-0.2, -0.15) is 5.26 Å². The summed E-state index contributed by atoms with van der Waals surface area (Å²) in [5.74, 6) is 0.0425. The van der Waals surface area contributed by atoms with Crippen LogP contribution in [0, 0.1) is 17.2 Å². The summed E-state index contributed by atoms with van der Waals surface area (Å²) in [4.78, 5) is 14.5. The van der Waals surface area contributed by atoms with Gasteiger partial charge in [-0.15, -0.1) is 0 Å². The summed E-state index contributed by atoms with van der Waals surface area (Å²) in [6, 6.07) is 7.73. The van der Waals surface area contributed by atoms with Crippen LogP contribution in [0.2, 0.25) is 0 Å². The highest BCUT2D eigenvalue weighted by molar-refractivity contribution is 5.93. The molecule has 1 amide bonds. The Bertz CT molecular complexity index is 670. The molecule has 1 atom stereocenters. The van der Waals surface area contributed by atoms with Crippen molar-refractivity contribution < 1.29 is 9.90 Å². The molecule has 1 saturated heterocycles. The summed E-state index contributed by atoms with van der Waals surface area (Å²) in [6.45, 7) is 1.49. The lowest BCUT2D eigenvalue weighted by atomic mass is 9.93. The first-order chi connectivity index (χ1) is 11.7. The molecule has 5 heteroatoms. The van der Waals surface area contributed by atoms with Gasteiger partial charge in [0.15, 0.2) is 0 Å². The number of carbonyl (C=O) groups excluding carboxylic acids is 1. The molecule has 1 aromatic rings. The van der Waals surface area contributed by atoms with Crippen LogP contribution in [0.1, 0.15) is 37.7 Å². The van der Waals surface area contributed by atoms with E-state index in [-0.39, 0.29) is 17.9 Å². The van der Waals surface area contributed by atoms with Gasteiger partial charge < -0.3 is 15.3 Å². The maximum absolute atomic E-state index is 12.3. The quantitative estimate of drug-likeness (QED) is 0.838. The maximum Gasteiger partial charge on any atom is 0.227 e. The number of rotatable bonds is 3. The molecule has 3 rings (SSSR count). The van der Waals surface area contributed by atoms with Crippen LogP contribution in [0.4, 0.5) is 11.4 Å². The fourth-order valence-electron chi connectivity index (χ4n) is 3.36. The van der Waals surface area contributed by atoms with E-state index in [0.717, 1.165) is 50.9 Å². The van der Waals surface area contributed by atoms with E-state index in [0.29, 0.717) is 11.3 Å². The van der Waals surface area contributed by atoms with Crippen molar-refractivity contribution in [2.24, 2.45) is 5.92 Å². The Labute approximate surface area is 142 Å². The lowest BCUT2D eigenvalue weighted by Gasteiger charge is -2.32. The third-order valence-corrected chi connectivity index (χ3v) is 4.83. The van der Waals surface area contributed by atoms with E-state index >= 15 is 0 Å². The number of nitrogens with zero attached hydrogens (tertiary/aromatic N) is 2. The lowest BCUT2D eigenvalue weighted by molar-refractivity contribution is -0.120. The normalized spacial score (nSPS) is 21.3. The summed E-state index contributed by atoms with van der Waals surface area (Å²) < 4.78 is 0. The number of nitriles is 1. The number of amides is 1. The zero-order valence-electron chi connectivity index (χ0n) is 13.7. The van der Waals surface area contributed by atoms with Crippen molar-refractivity contribution in [1.82, 2.24) is 0 Å². The number of allylic oxidation sites excluding steroid dienone is 2. The number of anilines is 2. The molecule has 2 aliphatic rings. The predicted octanol–water partition coefficient (Wildman–Crippen LogP) is 2.81. The number of nitrogens with one attached hydrogen (secondary N) is 1. The SMILES string of the molecule is N#Cc1cc(NC(=O)C2CC=CCC2)ccc1N1CCC(O)CC1. The van der Waals surface area contributed by atoms with Crippen molar-refractivity contribution in [3.05, 3.63) is 35.9 Å². The molecule has 0 aromatic heterocycles.